The third-order valence-electron chi connectivity index (χ3n) is 2.47. The molecule has 1 aliphatic heterocycles. The number of rotatable bonds is 4. The molecular formula is C9H16N2O2. The molecular weight excluding hydrogens is 168 g/mol. The van der Waals surface area contributed by atoms with Crippen LogP contribution in [0.5, 0.6) is 0 Å². The molecule has 2 N–H and O–H groups in total. The van der Waals surface area contributed by atoms with Crippen molar-refractivity contribution < 1.29 is 9.59 Å². The van der Waals surface area contributed by atoms with Crippen molar-refractivity contribution in [1.82, 2.24) is 4.90 Å². The Kier molecular flexibility index (Phi) is 3.89. The Hall–Kier alpha value is -0.900. The van der Waals surface area contributed by atoms with E-state index in [0.29, 0.717) is 13.0 Å². The highest BCUT2D eigenvalue weighted by Gasteiger charge is 2.21. The molecule has 1 heterocycles. The molecule has 4 heteroatoms. The van der Waals surface area contributed by atoms with Crippen molar-refractivity contribution in [2.45, 2.75) is 31.7 Å². The van der Waals surface area contributed by atoms with Crippen molar-refractivity contribution in [2.24, 2.45) is 5.73 Å². The summed E-state index contributed by atoms with van der Waals surface area (Å²) in [6.07, 6.45) is 4.46. The number of hydrogen-bond acceptors (Lipinski definition) is 3. The fourth-order valence-electron chi connectivity index (χ4n) is 1.70. The standard InChI is InChI=1S/C9H16N2O2/c10-9(13)4-6-11-5-2-1-3-8(11)7-12/h7-8H,1-6H2,(H2,10,13). The maximum atomic E-state index is 10.7. The van der Waals surface area contributed by atoms with Crippen LogP contribution in [0.25, 0.3) is 0 Å². The first-order valence-electron chi connectivity index (χ1n) is 4.71. The van der Waals surface area contributed by atoms with Gasteiger partial charge in [-0.15, -0.1) is 0 Å². The molecule has 0 radical (unpaired) electrons. The topological polar surface area (TPSA) is 63.4 Å². The highest BCUT2D eigenvalue weighted by Crippen LogP contribution is 2.15. The summed E-state index contributed by atoms with van der Waals surface area (Å²) in [6, 6.07) is 0.00750. The second kappa shape index (κ2) is 4.97. The predicted molar refractivity (Wildman–Crippen MR) is 49.1 cm³/mol. The van der Waals surface area contributed by atoms with Gasteiger partial charge < -0.3 is 10.5 Å². The van der Waals surface area contributed by atoms with Crippen LogP contribution in [0, 0.1) is 0 Å². The number of piperidine rings is 1. The maximum Gasteiger partial charge on any atom is 0.218 e. The zero-order chi connectivity index (χ0) is 9.68. The molecule has 0 aromatic rings. The molecule has 4 nitrogen and oxygen atoms in total. The SMILES string of the molecule is NC(=O)CCN1CCCCC1C=O. The smallest absolute Gasteiger partial charge is 0.218 e. The maximum absolute atomic E-state index is 10.7. The van der Waals surface area contributed by atoms with E-state index in [9.17, 15) is 9.59 Å². The molecule has 0 aliphatic carbocycles. The van der Waals surface area contributed by atoms with Crippen LogP contribution in [0.4, 0.5) is 0 Å². The molecule has 1 fully saturated rings. The number of hydrogen-bond donors (Lipinski definition) is 1. The fourth-order valence-corrected chi connectivity index (χ4v) is 1.70. The minimum absolute atomic E-state index is 0.00750. The minimum atomic E-state index is -0.296. The normalized spacial score (nSPS) is 24.2. The van der Waals surface area contributed by atoms with Gasteiger partial charge in [-0.25, -0.2) is 0 Å². The van der Waals surface area contributed by atoms with Crippen molar-refractivity contribution in [3.05, 3.63) is 0 Å². The molecule has 1 amide bonds. The first kappa shape index (κ1) is 10.2. The number of nitrogens with zero attached hydrogens (tertiary/aromatic N) is 1. The highest BCUT2D eigenvalue weighted by atomic mass is 16.1. The second-order valence-corrected chi connectivity index (χ2v) is 3.45. The van der Waals surface area contributed by atoms with Crippen molar-refractivity contribution in [1.29, 1.82) is 0 Å². The first-order chi connectivity index (χ1) is 6.24. The molecule has 1 saturated heterocycles. The minimum Gasteiger partial charge on any atom is -0.370 e. The van der Waals surface area contributed by atoms with Crippen LogP contribution in [0.15, 0.2) is 0 Å². The molecule has 1 unspecified atom stereocenters. The Morgan fingerprint density at radius 1 is 1.54 bits per heavy atom. The Balaban J connectivity index is 2.35. The van der Waals surface area contributed by atoms with Crippen LogP contribution in [0.3, 0.4) is 0 Å². The number of primary amides is 1. The number of nitrogens with two attached hydrogens (primary N) is 1. The highest BCUT2D eigenvalue weighted by molar-refractivity contribution is 5.74. The average molecular weight is 184 g/mol. The Morgan fingerprint density at radius 3 is 2.92 bits per heavy atom. The van der Waals surface area contributed by atoms with E-state index in [2.05, 4.69) is 0 Å². The van der Waals surface area contributed by atoms with Crippen LogP contribution in [-0.4, -0.2) is 36.2 Å². The lowest BCUT2D eigenvalue weighted by Gasteiger charge is -2.31. The van der Waals surface area contributed by atoms with E-state index in [-0.39, 0.29) is 11.9 Å². The lowest BCUT2D eigenvalue weighted by atomic mass is 10.0. The van der Waals surface area contributed by atoms with Gasteiger partial charge in [-0.05, 0) is 19.4 Å². The van der Waals surface area contributed by atoms with Gasteiger partial charge in [0.05, 0.1) is 6.04 Å². The summed E-state index contributed by atoms with van der Waals surface area (Å²) in [5, 5.41) is 0. The average Bonchev–Trinajstić information content (AvgIpc) is 2.15. The van der Waals surface area contributed by atoms with Gasteiger partial charge in [0.1, 0.15) is 6.29 Å². The summed E-state index contributed by atoms with van der Waals surface area (Å²) < 4.78 is 0. The third-order valence-corrected chi connectivity index (χ3v) is 2.47. The lowest BCUT2D eigenvalue weighted by Crippen LogP contribution is -2.42. The Morgan fingerprint density at radius 2 is 2.31 bits per heavy atom. The zero-order valence-corrected chi connectivity index (χ0v) is 7.74. The lowest BCUT2D eigenvalue weighted by molar-refractivity contribution is -0.120. The van der Waals surface area contributed by atoms with Crippen LogP contribution in [0.2, 0.25) is 0 Å². The van der Waals surface area contributed by atoms with E-state index in [1.54, 1.807) is 0 Å². The molecule has 1 rings (SSSR count). The molecule has 1 atom stereocenters. The largest absolute Gasteiger partial charge is 0.370 e. The molecule has 0 aromatic carbocycles. The van der Waals surface area contributed by atoms with Gasteiger partial charge in [0.2, 0.25) is 5.91 Å². The molecule has 0 spiro atoms. The van der Waals surface area contributed by atoms with Crippen molar-refractivity contribution in [3.63, 3.8) is 0 Å². The number of amides is 1. The van der Waals surface area contributed by atoms with E-state index in [1.807, 2.05) is 4.90 Å². The summed E-state index contributed by atoms with van der Waals surface area (Å²) in [5.74, 6) is -0.296. The molecule has 0 bridgehead atoms. The van der Waals surface area contributed by atoms with Gasteiger partial charge in [-0.3, -0.25) is 9.69 Å². The summed E-state index contributed by atoms with van der Waals surface area (Å²) >= 11 is 0. The predicted octanol–water partition coefficient (Wildman–Crippen LogP) is -0.0848. The number of likely N-dealkylation sites (tertiary alicyclic amines) is 1. The van der Waals surface area contributed by atoms with Gasteiger partial charge in [-0.1, -0.05) is 6.42 Å². The van der Waals surface area contributed by atoms with Gasteiger partial charge in [0, 0.05) is 13.0 Å². The summed E-state index contributed by atoms with van der Waals surface area (Å²) in [6.45, 7) is 1.54. The number of carbonyl (C=O) groups excluding carboxylic acids is 2. The van der Waals surface area contributed by atoms with Crippen LogP contribution in [-0.2, 0) is 9.59 Å². The van der Waals surface area contributed by atoms with E-state index in [4.69, 9.17) is 5.73 Å². The van der Waals surface area contributed by atoms with Gasteiger partial charge in [0.25, 0.3) is 0 Å². The summed E-state index contributed by atoms with van der Waals surface area (Å²) in [7, 11) is 0. The fraction of sp³-hybridized carbons (Fsp3) is 0.778. The van der Waals surface area contributed by atoms with Gasteiger partial charge >= 0.3 is 0 Å². The second-order valence-electron chi connectivity index (χ2n) is 3.45. The zero-order valence-electron chi connectivity index (χ0n) is 7.74. The molecule has 0 aromatic heterocycles. The van der Waals surface area contributed by atoms with Gasteiger partial charge in [0.15, 0.2) is 0 Å². The van der Waals surface area contributed by atoms with Crippen LogP contribution >= 0.6 is 0 Å². The van der Waals surface area contributed by atoms with E-state index in [0.717, 1.165) is 32.1 Å². The monoisotopic (exact) mass is 184 g/mol. The summed E-state index contributed by atoms with van der Waals surface area (Å²) in [4.78, 5) is 23.2. The first-order valence-corrected chi connectivity index (χ1v) is 4.71. The Labute approximate surface area is 78.1 Å². The van der Waals surface area contributed by atoms with Crippen molar-refractivity contribution in [3.8, 4) is 0 Å². The van der Waals surface area contributed by atoms with E-state index < -0.39 is 0 Å². The third kappa shape index (κ3) is 3.14. The summed E-state index contributed by atoms with van der Waals surface area (Å²) in [5.41, 5.74) is 5.04. The quantitative estimate of drug-likeness (QED) is 0.621. The van der Waals surface area contributed by atoms with Crippen molar-refractivity contribution in [2.75, 3.05) is 13.1 Å². The molecule has 13 heavy (non-hydrogen) atoms. The van der Waals surface area contributed by atoms with E-state index >= 15 is 0 Å². The van der Waals surface area contributed by atoms with Crippen LogP contribution in [0.1, 0.15) is 25.7 Å². The number of aldehydes is 1. The number of carbonyl (C=O) groups is 2. The molecule has 1 aliphatic rings. The van der Waals surface area contributed by atoms with Gasteiger partial charge in [-0.2, -0.15) is 0 Å². The van der Waals surface area contributed by atoms with E-state index in [1.165, 1.54) is 0 Å². The molecule has 74 valence electrons. The Bertz CT molecular complexity index is 194. The van der Waals surface area contributed by atoms with Crippen LogP contribution < -0.4 is 5.73 Å². The molecule has 0 saturated carbocycles. The van der Waals surface area contributed by atoms with Crippen molar-refractivity contribution >= 4 is 12.2 Å².